The van der Waals surface area contributed by atoms with E-state index in [0.717, 1.165) is 41.6 Å². The minimum Gasteiger partial charge on any atom is -0.364 e. The summed E-state index contributed by atoms with van der Waals surface area (Å²) in [5, 5.41) is 3.29. The van der Waals surface area contributed by atoms with Gasteiger partial charge >= 0.3 is 0 Å². The third-order valence-corrected chi connectivity index (χ3v) is 3.74. The zero-order valence-electron chi connectivity index (χ0n) is 12.4. The zero-order chi connectivity index (χ0) is 14.8. The summed E-state index contributed by atoms with van der Waals surface area (Å²) in [6.07, 6.45) is 5.57. The van der Waals surface area contributed by atoms with Crippen LogP contribution in [0.25, 0.3) is 0 Å². The Balaban J connectivity index is 1.68. The van der Waals surface area contributed by atoms with Crippen LogP contribution in [0.15, 0.2) is 18.5 Å². The predicted octanol–water partition coefficient (Wildman–Crippen LogP) is 1.70. The number of aryl methyl sites for hydroxylation is 2. The molecule has 1 saturated carbocycles. The van der Waals surface area contributed by atoms with Gasteiger partial charge in [0, 0.05) is 29.9 Å². The van der Waals surface area contributed by atoms with E-state index in [1.54, 1.807) is 12.4 Å². The van der Waals surface area contributed by atoms with Gasteiger partial charge in [0.05, 0.1) is 24.1 Å². The molecule has 0 bridgehead atoms. The second-order valence-electron chi connectivity index (χ2n) is 5.66. The largest absolute Gasteiger partial charge is 0.364 e. The van der Waals surface area contributed by atoms with E-state index in [2.05, 4.69) is 25.3 Å². The molecule has 0 atom stereocenters. The van der Waals surface area contributed by atoms with Crippen molar-refractivity contribution >= 4 is 5.82 Å². The number of hydrogen-bond acceptors (Lipinski definition) is 6. The van der Waals surface area contributed by atoms with Gasteiger partial charge in [0.1, 0.15) is 11.6 Å². The monoisotopic (exact) mass is 284 g/mol. The smallest absolute Gasteiger partial charge is 0.130 e. The molecular formula is C15H20N6. The maximum atomic E-state index is 5.85. The van der Waals surface area contributed by atoms with E-state index < -0.39 is 0 Å². The van der Waals surface area contributed by atoms with Crippen molar-refractivity contribution in [3.63, 3.8) is 0 Å². The highest BCUT2D eigenvalue weighted by Crippen LogP contribution is 2.35. The van der Waals surface area contributed by atoms with E-state index in [4.69, 9.17) is 5.73 Å². The Morgan fingerprint density at radius 3 is 2.67 bits per heavy atom. The van der Waals surface area contributed by atoms with Crippen LogP contribution in [0.5, 0.6) is 0 Å². The quantitative estimate of drug-likeness (QED) is 0.888. The Hall–Kier alpha value is -2.08. The number of aromatic nitrogens is 4. The molecule has 1 fully saturated rings. The summed E-state index contributed by atoms with van der Waals surface area (Å²) >= 11 is 0. The molecule has 0 unspecified atom stereocenters. The van der Waals surface area contributed by atoms with Crippen molar-refractivity contribution < 1.29 is 0 Å². The van der Waals surface area contributed by atoms with Crippen molar-refractivity contribution in [3.8, 4) is 0 Å². The number of nitrogens with two attached hydrogens (primary N) is 1. The Bertz CT molecular complexity index is 619. The second-order valence-corrected chi connectivity index (χ2v) is 5.66. The lowest BCUT2D eigenvalue weighted by molar-refractivity contribution is 0.344. The molecule has 6 nitrogen and oxygen atoms in total. The van der Waals surface area contributed by atoms with Gasteiger partial charge in [0.2, 0.25) is 0 Å². The number of nitrogens with zero attached hydrogens (tertiary/aromatic N) is 4. The van der Waals surface area contributed by atoms with E-state index in [-0.39, 0.29) is 0 Å². The van der Waals surface area contributed by atoms with E-state index in [1.165, 1.54) is 0 Å². The number of rotatable bonds is 4. The van der Waals surface area contributed by atoms with Crippen molar-refractivity contribution in [2.75, 3.05) is 5.32 Å². The second kappa shape index (κ2) is 5.73. The fraction of sp³-hybridized carbons (Fsp3) is 0.467. The van der Waals surface area contributed by atoms with Crippen molar-refractivity contribution in [1.29, 1.82) is 0 Å². The number of nitrogens with one attached hydrogen (secondary N) is 1. The van der Waals surface area contributed by atoms with Crippen molar-refractivity contribution in [2.45, 2.75) is 45.2 Å². The molecule has 110 valence electrons. The minimum atomic E-state index is 0.324. The topological polar surface area (TPSA) is 89.6 Å². The molecule has 1 aliphatic rings. The molecule has 0 saturated heterocycles. The van der Waals surface area contributed by atoms with Crippen LogP contribution in [0.3, 0.4) is 0 Å². The maximum absolute atomic E-state index is 5.85. The van der Waals surface area contributed by atoms with E-state index in [0.29, 0.717) is 18.5 Å². The van der Waals surface area contributed by atoms with E-state index >= 15 is 0 Å². The fourth-order valence-corrected chi connectivity index (χ4v) is 2.49. The van der Waals surface area contributed by atoms with Gasteiger partial charge in [-0.3, -0.25) is 9.97 Å². The highest BCUT2D eigenvalue weighted by Gasteiger charge is 2.28. The fourth-order valence-electron chi connectivity index (χ4n) is 2.49. The molecule has 2 aromatic heterocycles. The first-order chi connectivity index (χ1) is 10.1. The van der Waals surface area contributed by atoms with Crippen molar-refractivity contribution in [2.24, 2.45) is 5.73 Å². The van der Waals surface area contributed by atoms with Crippen LogP contribution in [0.4, 0.5) is 5.82 Å². The Labute approximate surface area is 124 Å². The molecule has 6 heteroatoms. The van der Waals surface area contributed by atoms with Gasteiger partial charge in [-0.1, -0.05) is 0 Å². The summed E-state index contributed by atoms with van der Waals surface area (Å²) in [5.74, 6) is 2.09. The van der Waals surface area contributed by atoms with Crippen LogP contribution in [0.2, 0.25) is 0 Å². The molecule has 0 aliphatic heterocycles. The Kier molecular flexibility index (Phi) is 3.79. The first-order valence-electron chi connectivity index (χ1n) is 7.22. The van der Waals surface area contributed by atoms with Crippen molar-refractivity contribution in [3.05, 3.63) is 41.4 Å². The van der Waals surface area contributed by atoms with Gasteiger partial charge in [0.15, 0.2) is 0 Å². The van der Waals surface area contributed by atoms with Gasteiger partial charge in [-0.25, -0.2) is 9.97 Å². The molecular weight excluding hydrogens is 264 g/mol. The average molecular weight is 284 g/mol. The molecule has 21 heavy (non-hydrogen) atoms. The van der Waals surface area contributed by atoms with Crippen molar-refractivity contribution in [1.82, 2.24) is 19.9 Å². The molecule has 0 spiro atoms. The van der Waals surface area contributed by atoms with Crippen LogP contribution in [0, 0.1) is 13.8 Å². The van der Waals surface area contributed by atoms with E-state index in [1.807, 2.05) is 19.9 Å². The predicted molar refractivity (Wildman–Crippen MR) is 80.8 cm³/mol. The molecule has 3 rings (SSSR count). The lowest BCUT2D eigenvalue weighted by atomic mass is 9.78. The summed E-state index contributed by atoms with van der Waals surface area (Å²) in [6, 6.07) is 2.34. The maximum Gasteiger partial charge on any atom is 0.130 e. The first-order valence-corrected chi connectivity index (χ1v) is 7.22. The van der Waals surface area contributed by atoms with Gasteiger partial charge in [-0.15, -0.1) is 0 Å². The van der Waals surface area contributed by atoms with Gasteiger partial charge in [-0.05, 0) is 26.7 Å². The summed E-state index contributed by atoms with van der Waals surface area (Å²) in [6.45, 7) is 4.44. The summed E-state index contributed by atoms with van der Waals surface area (Å²) in [4.78, 5) is 17.5. The average Bonchev–Trinajstić information content (AvgIpc) is 2.43. The third-order valence-electron chi connectivity index (χ3n) is 3.74. The molecule has 1 aliphatic carbocycles. The Morgan fingerprint density at radius 2 is 2.00 bits per heavy atom. The third kappa shape index (κ3) is 3.33. The van der Waals surface area contributed by atoms with Gasteiger partial charge in [-0.2, -0.15) is 0 Å². The summed E-state index contributed by atoms with van der Waals surface area (Å²) < 4.78 is 0. The molecule has 2 heterocycles. The molecule has 3 N–H and O–H groups in total. The van der Waals surface area contributed by atoms with Crippen LogP contribution in [-0.2, 0) is 6.54 Å². The first kappa shape index (κ1) is 13.9. The van der Waals surface area contributed by atoms with Crippen LogP contribution < -0.4 is 11.1 Å². The molecule has 0 radical (unpaired) electrons. The minimum absolute atomic E-state index is 0.324. The number of anilines is 1. The lowest BCUT2D eigenvalue weighted by Gasteiger charge is -2.32. The SMILES string of the molecule is Cc1cnc(CNc2cc(C3CC(N)C3)nc(C)n2)cn1. The zero-order valence-corrected chi connectivity index (χ0v) is 12.4. The highest BCUT2D eigenvalue weighted by atomic mass is 15.0. The molecule has 0 aromatic carbocycles. The van der Waals surface area contributed by atoms with Gasteiger partial charge in [0.25, 0.3) is 0 Å². The van der Waals surface area contributed by atoms with Crippen LogP contribution in [-0.4, -0.2) is 26.0 Å². The van der Waals surface area contributed by atoms with E-state index in [9.17, 15) is 0 Å². The number of hydrogen-bond donors (Lipinski definition) is 2. The lowest BCUT2D eigenvalue weighted by Crippen LogP contribution is -2.35. The summed E-state index contributed by atoms with van der Waals surface area (Å²) in [5.41, 5.74) is 8.75. The highest BCUT2D eigenvalue weighted by molar-refractivity contribution is 5.38. The Morgan fingerprint density at radius 1 is 1.19 bits per heavy atom. The summed E-state index contributed by atoms with van der Waals surface area (Å²) in [7, 11) is 0. The standard InChI is InChI=1S/C15H20N6/c1-9-6-18-13(7-17-9)8-19-15-5-14(20-10(2)21-15)11-3-12(16)4-11/h5-7,11-12H,3-4,8,16H2,1-2H3,(H,19,20,21). The molecule has 2 aromatic rings. The normalized spacial score (nSPS) is 20.9. The van der Waals surface area contributed by atoms with Crippen LogP contribution in [0.1, 0.15) is 41.7 Å². The van der Waals surface area contributed by atoms with Gasteiger partial charge < -0.3 is 11.1 Å². The molecule has 0 amide bonds. The van der Waals surface area contributed by atoms with Crippen LogP contribution >= 0.6 is 0 Å².